The average molecular weight is 392 g/mol. The third kappa shape index (κ3) is 6.34. The van der Waals surface area contributed by atoms with Crippen LogP contribution in [0.25, 0.3) is 0 Å². The highest BCUT2D eigenvalue weighted by molar-refractivity contribution is 5.43. The second-order valence-corrected chi connectivity index (χ2v) is 8.05. The van der Waals surface area contributed by atoms with Crippen LogP contribution in [0.4, 0.5) is 0 Å². The van der Waals surface area contributed by atoms with E-state index in [0.29, 0.717) is 18.3 Å². The maximum absolute atomic E-state index is 10.4. The van der Waals surface area contributed by atoms with Gasteiger partial charge in [-0.15, -0.1) is 0 Å². The number of hydrogen-bond acceptors (Lipinski definition) is 6. The number of benzene rings is 1. The van der Waals surface area contributed by atoms with Crippen LogP contribution in [0, 0.1) is 0 Å². The maximum Gasteiger partial charge on any atom is 0.161 e. The lowest BCUT2D eigenvalue weighted by atomic mass is 10.1. The fourth-order valence-corrected chi connectivity index (χ4v) is 4.16. The Morgan fingerprint density at radius 3 is 2.50 bits per heavy atom. The zero-order chi connectivity index (χ0) is 19.8. The molecule has 2 aliphatic rings. The standard InChI is InChI=1S/C22H37N3O3/c1-3-24-10-12-25(13-11-24)16-20(26)17-28-21-9-8-18(14-22(21)27-2)15-23-19-6-4-5-7-19/h8-9,14,19-20,23,26H,3-7,10-13,15-17H2,1-2H3/t20-/m1/s1. The first-order valence-corrected chi connectivity index (χ1v) is 10.8. The van der Waals surface area contributed by atoms with Gasteiger partial charge in [-0.2, -0.15) is 0 Å². The van der Waals surface area contributed by atoms with E-state index in [1.807, 2.05) is 12.1 Å². The lowest BCUT2D eigenvalue weighted by molar-refractivity contribution is 0.0464. The third-order valence-electron chi connectivity index (χ3n) is 5.99. The Balaban J connectivity index is 1.43. The molecule has 28 heavy (non-hydrogen) atoms. The van der Waals surface area contributed by atoms with Gasteiger partial charge in [-0.3, -0.25) is 4.90 Å². The summed E-state index contributed by atoms with van der Waals surface area (Å²) >= 11 is 0. The molecule has 1 saturated heterocycles. The maximum atomic E-state index is 10.4. The normalized spacial score (nSPS) is 20.4. The Kier molecular flexibility index (Phi) is 8.40. The van der Waals surface area contributed by atoms with Crippen molar-refractivity contribution in [3.05, 3.63) is 23.8 Å². The average Bonchev–Trinajstić information content (AvgIpc) is 3.25. The number of aliphatic hydroxyl groups excluding tert-OH is 1. The van der Waals surface area contributed by atoms with Gasteiger partial charge in [-0.1, -0.05) is 25.8 Å². The van der Waals surface area contributed by atoms with E-state index in [2.05, 4.69) is 28.1 Å². The van der Waals surface area contributed by atoms with Gasteiger partial charge in [0.05, 0.1) is 7.11 Å². The molecule has 158 valence electrons. The minimum Gasteiger partial charge on any atom is -0.493 e. The molecule has 1 heterocycles. The van der Waals surface area contributed by atoms with E-state index in [1.54, 1.807) is 7.11 Å². The van der Waals surface area contributed by atoms with E-state index in [4.69, 9.17) is 9.47 Å². The van der Waals surface area contributed by atoms with Gasteiger partial charge in [0, 0.05) is 45.3 Å². The first-order valence-electron chi connectivity index (χ1n) is 10.8. The zero-order valence-electron chi connectivity index (χ0n) is 17.5. The first-order chi connectivity index (χ1) is 13.7. The van der Waals surface area contributed by atoms with Gasteiger partial charge in [0.2, 0.25) is 0 Å². The van der Waals surface area contributed by atoms with Crippen molar-refractivity contribution in [3.63, 3.8) is 0 Å². The summed E-state index contributed by atoms with van der Waals surface area (Å²) in [7, 11) is 1.67. The second kappa shape index (κ2) is 11.0. The quantitative estimate of drug-likeness (QED) is 0.637. The van der Waals surface area contributed by atoms with Crippen molar-refractivity contribution in [2.45, 2.75) is 51.3 Å². The van der Waals surface area contributed by atoms with Crippen LogP contribution in [-0.4, -0.2) is 80.0 Å². The molecule has 0 aromatic heterocycles. The molecule has 1 aromatic rings. The second-order valence-electron chi connectivity index (χ2n) is 8.05. The molecule has 1 aliphatic carbocycles. The first kappa shape index (κ1) is 21.4. The monoisotopic (exact) mass is 391 g/mol. The summed E-state index contributed by atoms with van der Waals surface area (Å²) in [5.41, 5.74) is 1.20. The summed E-state index contributed by atoms with van der Waals surface area (Å²) in [4.78, 5) is 4.75. The smallest absolute Gasteiger partial charge is 0.161 e. The predicted molar refractivity (Wildman–Crippen MR) is 112 cm³/mol. The van der Waals surface area contributed by atoms with Crippen molar-refractivity contribution in [1.29, 1.82) is 0 Å². The van der Waals surface area contributed by atoms with Gasteiger partial charge in [0.15, 0.2) is 11.5 Å². The summed E-state index contributed by atoms with van der Waals surface area (Å²) in [6.07, 6.45) is 4.74. The Hall–Kier alpha value is -1.34. The van der Waals surface area contributed by atoms with Gasteiger partial charge in [0.1, 0.15) is 12.7 Å². The fraction of sp³-hybridized carbons (Fsp3) is 0.727. The van der Waals surface area contributed by atoms with E-state index in [1.165, 1.54) is 31.2 Å². The molecule has 0 radical (unpaired) electrons. The lowest BCUT2D eigenvalue weighted by Crippen LogP contribution is -2.49. The SMILES string of the molecule is CCN1CCN(C[C@@H](O)COc2ccc(CNC3CCCC3)cc2OC)CC1. The summed E-state index contributed by atoms with van der Waals surface area (Å²) < 4.78 is 11.4. The van der Waals surface area contributed by atoms with E-state index in [-0.39, 0.29) is 6.61 Å². The molecule has 6 heteroatoms. The van der Waals surface area contributed by atoms with Crippen molar-refractivity contribution in [3.8, 4) is 11.5 Å². The lowest BCUT2D eigenvalue weighted by Gasteiger charge is -2.34. The van der Waals surface area contributed by atoms with Crippen LogP contribution in [0.1, 0.15) is 38.2 Å². The van der Waals surface area contributed by atoms with Crippen molar-refractivity contribution in [2.24, 2.45) is 0 Å². The molecule has 1 aromatic carbocycles. The van der Waals surface area contributed by atoms with Gasteiger partial charge >= 0.3 is 0 Å². The zero-order valence-corrected chi connectivity index (χ0v) is 17.5. The summed E-state index contributed by atoms with van der Waals surface area (Å²) in [5, 5.41) is 14.0. The molecule has 1 saturated carbocycles. The number of ether oxygens (including phenoxy) is 2. The number of nitrogens with zero attached hydrogens (tertiary/aromatic N) is 2. The van der Waals surface area contributed by atoms with E-state index in [9.17, 15) is 5.11 Å². The molecule has 1 aliphatic heterocycles. The number of nitrogens with one attached hydrogen (secondary N) is 1. The van der Waals surface area contributed by atoms with Crippen molar-refractivity contribution in [1.82, 2.24) is 15.1 Å². The molecule has 0 spiro atoms. The Morgan fingerprint density at radius 1 is 1.11 bits per heavy atom. The number of likely N-dealkylation sites (N-methyl/N-ethyl adjacent to an activating group) is 1. The highest BCUT2D eigenvalue weighted by atomic mass is 16.5. The van der Waals surface area contributed by atoms with Crippen LogP contribution < -0.4 is 14.8 Å². The van der Waals surface area contributed by atoms with Gasteiger partial charge in [-0.05, 0) is 37.1 Å². The van der Waals surface area contributed by atoms with Crippen LogP contribution >= 0.6 is 0 Å². The largest absolute Gasteiger partial charge is 0.493 e. The number of β-amino-alcohol motifs (C(OH)–C–C–N with tert-alkyl or cyclic N) is 1. The number of hydrogen-bond donors (Lipinski definition) is 2. The molecular weight excluding hydrogens is 354 g/mol. The van der Waals surface area contributed by atoms with Gasteiger partial charge < -0.3 is 24.8 Å². The number of aliphatic hydroxyl groups is 1. The molecule has 0 unspecified atom stereocenters. The highest BCUT2D eigenvalue weighted by Gasteiger charge is 2.19. The number of methoxy groups -OCH3 is 1. The number of piperazine rings is 1. The molecule has 1 atom stereocenters. The van der Waals surface area contributed by atoms with Crippen LogP contribution in [0.5, 0.6) is 11.5 Å². The van der Waals surface area contributed by atoms with E-state index >= 15 is 0 Å². The van der Waals surface area contributed by atoms with Gasteiger partial charge in [-0.25, -0.2) is 0 Å². The molecule has 0 bridgehead atoms. The molecule has 2 fully saturated rings. The van der Waals surface area contributed by atoms with Crippen LogP contribution in [-0.2, 0) is 6.54 Å². The Bertz CT molecular complexity index is 584. The topological polar surface area (TPSA) is 57.2 Å². The van der Waals surface area contributed by atoms with Crippen LogP contribution in [0.3, 0.4) is 0 Å². The summed E-state index contributed by atoms with van der Waals surface area (Å²) in [6.45, 7) is 9.27. The summed E-state index contributed by atoms with van der Waals surface area (Å²) in [5.74, 6) is 1.43. The molecule has 3 rings (SSSR count). The molecular formula is C22H37N3O3. The summed E-state index contributed by atoms with van der Waals surface area (Å²) in [6, 6.07) is 6.72. The van der Waals surface area contributed by atoms with E-state index < -0.39 is 6.10 Å². The molecule has 2 N–H and O–H groups in total. The Labute approximate surface area is 169 Å². The third-order valence-corrected chi connectivity index (χ3v) is 5.99. The predicted octanol–water partition coefficient (Wildman–Crippen LogP) is 2.10. The highest BCUT2D eigenvalue weighted by Crippen LogP contribution is 2.28. The fourth-order valence-electron chi connectivity index (χ4n) is 4.16. The van der Waals surface area contributed by atoms with Crippen molar-refractivity contribution >= 4 is 0 Å². The minimum atomic E-state index is -0.499. The van der Waals surface area contributed by atoms with Crippen molar-refractivity contribution < 1.29 is 14.6 Å². The minimum absolute atomic E-state index is 0.282. The Morgan fingerprint density at radius 2 is 1.82 bits per heavy atom. The van der Waals surface area contributed by atoms with Crippen LogP contribution in [0.2, 0.25) is 0 Å². The van der Waals surface area contributed by atoms with E-state index in [0.717, 1.165) is 45.0 Å². The van der Waals surface area contributed by atoms with Crippen LogP contribution in [0.15, 0.2) is 18.2 Å². The number of rotatable bonds is 10. The van der Waals surface area contributed by atoms with Crippen molar-refractivity contribution in [2.75, 3.05) is 53.0 Å². The molecule has 0 amide bonds. The van der Waals surface area contributed by atoms with Gasteiger partial charge in [0.25, 0.3) is 0 Å². The molecule has 6 nitrogen and oxygen atoms in total.